The van der Waals surface area contributed by atoms with Gasteiger partial charge in [0, 0.05) is 22.1 Å². The number of benzene rings is 1. The molecule has 0 aliphatic carbocycles. The van der Waals surface area contributed by atoms with E-state index in [1.807, 2.05) is 31.4 Å². The maximum atomic E-state index is 4.30. The Kier molecular flexibility index (Phi) is 4.59. The van der Waals surface area contributed by atoms with Crippen molar-refractivity contribution in [3.8, 4) is 0 Å². The van der Waals surface area contributed by atoms with Crippen molar-refractivity contribution in [2.24, 2.45) is 0 Å². The number of pyridine rings is 1. The van der Waals surface area contributed by atoms with Crippen LogP contribution in [0.4, 0.5) is 0 Å². The highest BCUT2D eigenvalue weighted by molar-refractivity contribution is 9.10. The Balaban J connectivity index is 2.15. The lowest BCUT2D eigenvalue weighted by molar-refractivity contribution is 0.813. The number of hydrogen-bond donors (Lipinski definition) is 1. The number of nitrogens with zero attached hydrogens (tertiary/aromatic N) is 1. The fraction of sp³-hybridized carbons (Fsp3) is 0.154. The van der Waals surface area contributed by atoms with E-state index in [9.17, 15) is 0 Å². The molecule has 1 N–H and O–H groups in total. The summed E-state index contributed by atoms with van der Waals surface area (Å²) in [4.78, 5) is 5.49. The lowest BCUT2D eigenvalue weighted by Crippen LogP contribution is -2.05. The fourth-order valence-electron chi connectivity index (χ4n) is 1.45. The van der Waals surface area contributed by atoms with Crippen LogP contribution in [0.25, 0.3) is 0 Å². The van der Waals surface area contributed by atoms with Gasteiger partial charge in [0.1, 0.15) is 5.03 Å². The Morgan fingerprint density at radius 3 is 2.82 bits per heavy atom. The highest BCUT2D eigenvalue weighted by atomic mass is 79.9. The van der Waals surface area contributed by atoms with Crippen LogP contribution < -0.4 is 5.32 Å². The Morgan fingerprint density at radius 2 is 2.18 bits per heavy atom. The molecule has 2 aromatic rings. The van der Waals surface area contributed by atoms with Gasteiger partial charge >= 0.3 is 0 Å². The summed E-state index contributed by atoms with van der Waals surface area (Å²) in [5, 5.41) is 4.16. The average molecular weight is 309 g/mol. The first-order valence-electron chi connectivity index (χ1n) is 5.31. The Hall–Kier alpha value is -0.840. The van der Waals surface area contributed by atoms with Gasteiger partial charge in [0.15, 0.2) is 0 Å². The molecule has 0 radical (unpaired) electrons. The van der Waals surface area contributed by atoms with Crippen molar-refractivity contribution >= 4 is 27.7 Å². The molecule has 1 heterocycles. The molecule has 0 atom stereocenters. The second-order valence-corrected chi connectivity index (χ2v) is 5.50. The van der Waals surface area contributed by atoms with Crippen molar-refractivity contribution in [2.75, 3.05) is 7.05 Å². The van der Waals surface area contributed by atoms with Crippen molar-refractivity contribution in [3.63, 3.8) is 0 Å². The van der Waals surface area contributed by atoms with E-state index in [0.29, 0.717) is 0 Å². The molecule has 2 nitrogen and oxygen atoms in total. The van der Waals surface area contributed by atoms with Crippen molar-refractivity contribution in [2.45, 2.75) is 16.5 Å². The van der Waals surface area contributed by atoms with Gasteiger partial charge in [0.2, 0.25) is 0 Å². The summed E-state index contributed by atoms with van der Waals surface area (Å²) in [6, 6.07) is 12.3. The molecular weight excluding hydrogens is 296 g/mol. The van der Waals surface area contributed by atoms with Crippen LogP contribution in [0.3, 0.4) is 0 Å². The summed E-state index contributed by atoms with van der Waals surface area (Å²) in [5.41, 5.74) is 1.26. The van der Waals surface area contributed by atoms with Gasteiger partial charge in [0.05, 0.1) is 0 Å². The van der Waals surface area contributed by atoms with E-state index in [-0.39, 0.29) is 0 Å². The van der Waals surface area contributed by atoms with E-state index in [2.05, 4.69) is 44.4 Å². The number of halogens is 1. The smallest absolute Gasteiger partial charge is 0.101 e. The summed E-state index contributed by atoms with van der Waals surface area (Å²) in [6.07, 6.45) is 1.81. The molecule has 1 aromatic carbocycles. The Morgan fingerprint density at radius 1 is 1.29 bits per heavy atom. The molecule has 0 unspecified atom stereocenters. The second-order valence-electron chi connectivity index (χ2n) is 3.55. The topological polar surface area (TPSA) is 24.9 Å². The van der Waals surface area contributed by atoms with Crippen LogP contribution in [0, 0.1) is 0 Å². The fourth-order valence-corrected chi connectivity index (χ4v) is 2.94. The predicted octanol–water partition coefficient (Wildman–Crippen LogP) is 3.71. The number of rotatable bonds is 4. The number of nitrogens with one attached hydrogen (secondary N) is 1. The summed E-state index contributed by atoms with van der Waals surface area (Å²) in [6.45, 7) is 0.870. The van der Waals surface area contributed by atoms with Crippen LogP contribution in [-0.4, -0.2) is 12.0 Å². The van der Waals surface area contributed by atoms with Crippen molar-refractivity contribution < 1.29 is 0 Å². The highest BCUT2D eigenvalue weighted by Crippen LogP contribution is 2.29. The van der Waals surface area contributed by atoms with Gasteiger partial charge in [-0.15, -0.1) is 0 Å². The molecule has 88 valence electrons. The molecule has 2 rings (SSSR count). The van der Waals surface area contributed by atoms with E-state index in [1.165, 1.54) is 10.5 Å². The standard InChI is InChI=1S/C13H13BrN2S/c1-15-9-10-5-6-11(8-12(10)14)17-13-4-2-3-7-16-13/h2-8,15H,9H2,1H3. The summed E-state index contributed by atoms with van der Waals surface area (Å²) in [7, 11) is 1.95. The van der Waals surface area contributed by atoms with Gasteiger partial charge in [0.25, 0.3) is 0 Å². The van der Waals surface area contributed by atoms with Gasteiger partial charge in [-0.1, -0.05) is 39.8 Å². The van der Waals surface area contributed by atoms with Crippen LogP contribution in [0.5, 0.6) is 0 Å². The molecule has 0 saturated carbocycles. The van der Waals surface area contributed by atoms with Crippen molar-refractivity contribution in [3.05, 3.63) is 52.6 Å². The molecule has 0 aliphatic rings. The maximum Gasteiger partial charge on any atom is 0.101 e. The molecule has 0 aliphatic heterocycles. The zero-order valence-electron chi connectivity index (χ0n) is 9.48. The number of aromatic nitrogens is 1. The molecule has 0 fully saturated rings. The Labute approximate surface area is 114 Å². The lowest BCUT2D eigenvalue weighted by Gasteiger charge is -2.06. The Bertz CT molecular complexity index is 488. The molecule has 0 saturated heterocycles. The minimum absolute atomic E-state index is 0.870. The molecule has 4 heteroatoms. The minimum Gasteiger partial charge on any atom is -0.316 e. The van der Waals surface area contributed by atoms with E-state index in [4.69, 9.17) is 0 Å². The van der Waals surface area contributed by atoms with Gasteiger partial charge in [-0.25, -0.2) is 4.98 Å². The zero-order chi connectivity index (χ0) is 12.1. The normalized spacial score (nSPS) is 10.5. The second kappa shape index (κ2) is 6.19. The first-order valence-corrected chi connectivity index (χ1v) is 6.92. The molecule has 1 aromatic heterocycles. The maximum absolute atomic E-state index is 4.30. The zero-order valence-corrected chi connectivity index (χ0v) is 11.9. The monoisotopic (exact) mass is 308 g/mol. The molecule has 0 spiro atoms. The first kappa shape index (κ1) is 12.6. The largest absolute Gasteiger partial charge is 0.316 e. The van der Waals surface area contributed by atoms with Crippen molar-refractivity contribution in [1.82, 2.24) is 10.3 Å². The third kappa shape index (κ3) is 3.56. The van der Waals surface area contributed by atoms with Gasteiger partial charge < -0.3 is 5.32 Å². The van der Waals surface area contributed by atoms with Crippen molar-refractivity contribution in [1.29, 1.82) is 0 Å². The van der Waals surface area contributed by atoms with Crippen LogP contribution in [-0.2, 0) is 6.54 Å². The third-order valence-electron chi connectivity index (χ3n) is 2.25. The summed E-state index contributed by atoms with van der Waals surface area (Å²) in [5.74, 6) is 0. The van der Waals surface area contributed by atoms with E-state index >= 15 is 0 Å². The van der Waals surface area contributed by atoms with E-state index in [0.717, 1.165) is 16.0 Å². The molecule has 0 bridgehead atoms. The van der Waals surface area contributed by atoms with Gasteiger partial charge in [-0.2, -0.15) is 0 Å². The van der Waals surface area contributed by atoms with Crippen LogP contribution in [0.1, 0.15) is 5.56 Å². The van der Waals surface area contributed by atoms with E-state index in [1.54, 1.807) is 11.8 Å². The molecular formula is C13H13BrN2S. The van der Waals surface area contributed by atoms with Crippen LogP contribution in [0.15, 0.2) is 57.0 Å². The third-order valence-corrected chi connectivity index (χ3v) is 3.93. The van der Waals surface area contributed by atoms with Gasteiger partial charge in [-0.3, -0.25) is 0 Å². The van der Waals surface area contributed by atoms with Crippen LogP contribution >= 0.6 is 27.7 Å². The predicted molar refractivity (Wildman–Crippen MR) is 75.3 cm³/mol. The SMILES string of the molecule is CNCc1ccc(Sc2ccccn2)cc1Br. The minimum atomic E-state index is 0.870. The lowest BCUT2D eigenvalue weighted by atomic mass is 10.2. The molecule has 17 heavy (non-hydrogen) atoms. The van der Waals surface area contributed by atoms with Crippen LogP contribution in [0.2, 0.25) is 0 Å². The van der Waals surface area contributed by atoms with E-state index < -0.39 is 0 Å². The molecule has 0 amide bonds. The number of hydrogen-bond acceptors (Lipinski definition) is 3. The quantitative estimate of drug-likeness (QED) is 0.932. The first-order chi connectivity index (χ1) is 8.29. The average Bonchev–Trinajstić information content (AvgIpc) is 2.34. The van der Waals surface area contributed by atoms with Gasteiger partial charge in [-0.05, 0) is 36.9 Å². The summed E-state index contributed by atoms with van der Waals surface area (Å²) < 4.78 is 1.13. The summed E-state index contributed by atoms with van der Waals surface area (Å²) >= 11 is 5.25. The highest BCUT2D eigenvalue weighted by Gasteiger charge is 2.02.